The summed E-state index contributed by atoms with van der Waals surface area (Å²) in [6, 6.07) is 4.27. The zero-order chi connectivity index (χ0) is 12.0. The molecule has 0 atom stereocenters. The van der Waals surface area contributed by atoms with Crippen molar-refractivity contribution in [1.29, 1.82) is 0 Å². The second-order valence-electron chi connectivity index (χ2n) is 4.76. The van der Waals surface area contributed by atoms with Crippen LogP contribution in [-0.4, -0.2) is 23.8 Å². The predicted octanol–water partition coefficient (Wildman–Crippen LogP) is 2.41. The van der Waals surface area contributed by atoms with Gasteiger partial charge in [-0.3, -0.25) is 0 Å². The van der Waals surface area contributed by atoms with Crippen molar-refractivity contribution in [3.05, 3.63) is 24.0 Å². The third-order valence-electron chi connectivity index (χ3n) is 2.80. The Morgan fingerprint density at radius 1 is 1.44 bits per heavy atom. The normalized spacial score (nSPS) is 12.0. The summed E-state index contributed by atoms with van der Waals surface area (Å²) in [5.74, 6) is 0. The minimum Gasteiger partial charge on any atom is -0.377 e. The van der Waals surface area contributed by atoms with E-state index < -0.39 is 0 Å². The quantitative estimate of drug-likeness (QED) is 0.770. The molecule has 3 heteroatoms. The van der Waals surface area contributed by atoms with Crippen molar-refractivity contribution in [2.75, 3.05) is 13.7 Å². The standard InChI is InChI=1S/C13H24N2O/c1-5-8-15-9-6-7-12(15)10-14-11-13(2,3)16-4/h6-7,9,14H,5,8,10-11H2,1-4H3. The Morgan fingerprint density at radius 3 is 2.81 bits per heavy atom. The lowest BCUT2D eigenvalue weighted by atomic mass is 10.1. The van der Waals surface area contributed by atoms with E-state index in [1.54, 1.807) is 7.11 Å². The van der Waals surface area contributed by atoms with E-state index in [0.717, 1.165) is 19.6 Å². The van der Waals surface area contributed by atoms with Crippen molar-refractivity contribution in [2.24, 2.45) is 0 Å². The molecule has 0 unspecified atom stereocenters. The van der Waals surface area contributed by atoms with Crippen LogP contribution in [0.5, 0.6) is 0 Å². The van der Waals surface area contributed by atoms with Gasteiger partial charge in [-0.05, 0) is 32.4 Å². The highest BCUT2D eigenvalue weighted by Gasteiger charge is 2.15. The summed E-state index contributed by atoms with van der Waals surface area (Å²) in [5, 5.41) is 3.43. The predicted molar refractivity (Wildman–Crippen MR) is 67.5 cm³/mol. The molecule has 0 aliphatic carbocycles. The maximum atomic E-state index is 5.37. The molecule has 1 rings (SSSR count). The van der Waals surface area contributed by atoms with Crippen molar-refractivity contribution in [1.82, 2.24) is 9.88 Å². The number of rotatable bonds is 7. The molecule has 0 radical (unpaired) electrons. The Morgan fingerprint density at radius 2 is 2.19 bits per heavy atom. The van der Waals surface area contributed by atoms with Crippen LogP contribution in [0.2, 0.25) is 0 Å². The summed E-state index contributed by atoms with van der Waals surface area (Å²) in [6.45, 7) is 9.24. The number of nitrogens with one attached hydrogen (secondary N) is 1. The minimum atomic E-state index is -0.0951. The highest BCUT2D eigenvalue weighted by Crippen LogP contribution is 2.07. The smallest absolute Gasteiger partial charge is 0.0746 e. The van der Waals surface area contributed by atoms with Gasteiger partial charge < -0.3 is 14.6 Å². The van der Waals surface area contributed by atoms with E-state index in [1.165, 1.54) is 12.1 Å². The van der Waals surface area contributed by atoms with E-state index in [-0.39, 0.29) is 5.60 Å². The van der Waals surface area contributed by atoms with E-state index in [0.29, 0.717) is 0 Å². The number of hydrogen-bond acceptors (Lipinski definition) is 2. The van der Waals surface area contributed by atoms with Crippen LogP contribution in [0.4, 0.5) is 0 Å². The number of hydrogen-bond donors (Lipinski definition) is 1. The molecular formula is C13H24N2O. The molecule has 92 valence electrons. The van der Waals surface area contributed by atoms with Gasteiger partial charge in [-0.15, -0.1) is 0 Å². The molecular weight excluding hydrogens is 200 g/mol. The second kappa shape index (κ2) is 6.06. The Bertz CT molecular complexity index is 305. The van der Waals surface area contributed by atoms with Gasteiger partial charge in [-0.1, -0.05) is 6.92 Å². The molecule has 0 spiro atoms. The lowest BCUT2D eigenvalue weighted by Crippen LogP contribution is -2.36. The van der Waals surface area contributed by atoms with Gasteiger partial charge in [0.15, 0.2) is 0 Å². The van der Waals surface area contributed by atoms with Gasteiger partial charge in [-0.25, -0.2) is 0 Å². The van der Waals surface area contributed by atoms with Crippen molar-refractivity contribution in [2.45, 2.75) is 45.9 Å². The largest absolute Gasteiger partial charge is 0.377 e. The molecule has 16 heavy (non-hydrogen) atoms. The monoisotopic (exact) mass is 224 g/mol. The van der Waals surface area contributed by atoms with Crippen LogP contribution in [0.15, 0.2) is 18.3 Å². The molecule has 0 saturated carbocycles. The van der Waals surface area contributed by atoms with Gasteiger partial charge in [0.05, 0.1) is 5.60 Å². The Labute approximate surface area is 98.8 Å². The van der Waals surface area contributed by atoms with Gasteiger partial charge in [0.25, 0.3) is 0 Å². The zero-order valence-corrected chi connectivity index (χ0v) is 10.9. The molecule has 0 fully saturated rings. The molecule has 0 aromatic carbocycles. The first-order valence-corrected chi connectivity index (χ1v) is 5.99. The molecule has 1 heterocycles. The van der Waals surface area contributed by atoms with Crippen molar-refractivity contribution in [3.8, 4) is 0 Å². The van der Waals surface area contributed by atoms with Gasteiger partial charge in [0.2, 0.25) is 0 Å². The fraction of sp³-hybridized carbons (Fsp3) is 0.692. The summed E-state index contributed by atoms with van der Waals surface area (Å²) in [6.07, 6.45) is 3.31. The molecule has 0 saturated heterocycles. The fourth-order valence-electron chi connectivity index (χ4n) is 1.63. The molecule has 3 nitrogen and oxygen atoms in total. The Kier molecular flexibility index (Phi) is 5.03. The number of methoxy groups -OCH3 is 1. The Hall–Kier alpha value is -0.800. The number of aryl methyl sites for hydroxylation is 1. The second-order valence-corrected chi connectivity index (χ2v) is 4.76. The SMILES string of the molecule is CCCn1cccc1CNCC(C)(C)OC. The van der Waals surface area contributed by atoms with E-state index in [2.05, 4.69) is 49.0 Å². The van der Waals surface area contributed by atoms with Crippen LogP contribution < -0.4 is 5.32 Å². The van der Waals surface area contributed by atoms with E-state index in [1.807, 2.05) is 0 Å². The zero-order valence-electron chi connectivity index (χ0n) is 10.9. The average Bonchev–Trinajstić information content (AvgIpc) is 2.66. The minimum absolute atomic E-state index is 0.0951. The lowest BCUT2D eigenvalue weighted by molar-refractivity contribution is 0.0229. The van der Waals surface area contributed by atoms with Crippen LogP contribution in [-0.2, 0) is 17.8 Å². The van der Waals surface area contributed by atoms with Gasteiger partial charge >= 0.3 is 0 Å². The van der Waals surface area contributed by atoms with Crippen LogP contribution in [0.25, 0.3) is 0 Å². The first-order chi connectivity index (χ1) is 7.59. The third-order valence-corrected chi connectivity index (χ3v) is 2.80. The molecule has 0 aliphatic heterocycles. The summed E-state index contributed by atoms with van der Waals surface area (Å²) in [7, 11) is 1.75. The van der Waals surface area contributed by atoms with Gasteiger partial charge in [0.1, 0.15) is 0 Å². The lowest BCUT2D eigenvalue weighted by Gasteiger charge is -2.23. The van der Waals surface area contributed by atoms with Crippen LogP contribution >= 0.6 is 0 Å². The number of nitrogens with zero attached hydrogens (tertiary/aromatic N) is 1. The Balaban J connectivity index is 2.39. The number of ether oxygens (including phenoxy) is 1. The van der Waals surface area contributed by atoms with Crippen LogP contribution in [0.3, 0.4) is 0 Å². The first kappa shape index (κ1) is 13.3. The molecule has 0 aliphatic rings. The van der Waals surface area contributed by atoms with Crippen LogP contribution in [0.1, 0.15) is 32.9 Å². The van der Waals surface area contributed by atoms with Gasteiger partial charge in [-0.2, -0.15) is 0 Å². The molecule has 0 bridgehead atoms. The molecule has 1 aromatic rings. The first-order valence-electron chi connectivity index (χ1n) is 5.99. The highest BCUT2D eigenvalue weighted by atomic mass is 16.5. The average molecular weight is 224 g/mol. The fourth-order valence-corrected chi connectivity index (χ4v) is 1.63. The number of aromatic nitrogens is 1. The van der Waals surface area contributed by atoms with Crippen molar-refractivity contribution in [3.63, 3.8) is 0 Å². The maximum Gasteiger partial charge on any atom is 0.0746 e. The molecule has 1 aromatic heterocycles. The summed E-state index contributed by atoms with van der Waals surface area (Å²) in [4.78, 5) is 0. The maximum absolute atomic E-state index is 5.37. The third kappa shape index (κ3) is 3.99. The van der Waals surface area contributed by atoms with Crippen LogP contribution in [0, 0.1) is 0 Å². The molecule has 0 amide bonds. The summed E-state index contributed by atoms with van der Waals surface area (Å²) in [5.41, 5.74) is 1.25. The molecule has 1 N–H and O–H groups in total. The van der Waals surface area contributed by atoms with E-state index >= 15 is 0 Å². The van der Waals surface area contributed by atoms with Gasteiger partial charge in [0, 0.05) is 38.6 Å². The van der Waals surface area contributed by atoms with E-state index in [4.69, 9.17) is 4.74 Å². The van der Waals surface area contributed by atoms with Crippen molar-refractivity contribution >= 4 is 0 Å². The van der Waals surface area contributed by atoms with Crippen molar-refractivity contribution < 1.29 is 4.74 Å². The topological polar surface area (TPSA) is 26.2 Å². The highest BCUT2D eigenvalue weighted by molar-refractivity contribution is 5.06. The van der Waals surface area contributed by atoms with E-state index in [9.17, 15) is 0 Å². The summed E-state index contributed by atoms with van der Waals surface area (Å²) >= 11 is 0. The summed E-state index contributed by atoms with van der Waals surface area (Å²) < 4.78 is 7.66.